The molecule has 0 spiro atoms. The summed E-state index contributed by atoms with van der Waals surface area (Å²) in [5.41, 5.74) is 0.727. The Labute approximate surface area is 173 Å². The molecule has 2 N–H and O–H groups in total. The highest BCUT2D eigenvalue weighted by Gasteiger charge is 2.23. The smallest absolute Gasteiger partial charge is 0.321 e. The molecule has 1 fully saturated rings. The summed E-state index contributed by atoms with van der Waals surface area (Å²) in [5, 5.41) is 13.2. The van der Waals surface area contributed by atoms with E-state index < -0.39 is 17.2 Å². The third kappa shape index (κ3) is 5.54. The molecule has 3 rings (SSSR count). The number of amides is 3. The fourth-order valence-corrected chi connectivity index (χ4v) is 4.02. The predicted octanol–water partition coefficient (Wildman–Crippen LogP) is 2.33. The van der Waals surface area contributed by atoms with E-state index in [-0.39, 0.29) is 5.82 Å². The van der Waals surface area contributed by atoms with E-state index in [1.165, 1.54) is 37.4 Å². The Kier molecular flexibility index (Phi) is 7.21. The minimum absolute atomic E-state index is 0.327. The van der Waals surface area contributed by atoms with Crippen LogP contribution in [0.4, 0.5) is 9.18 Å². The number of carbonyl (C=O) groups excluding carboxylic acids is 2. The van der Waals surface area contributed by atoms with Gasteiger partial charge in [0.1, 0.15) is 5.82 Å². The SMILES string of the molecule is CNC(=O)NC(=O)[C@H](C)Sc1nnc(CN2CCCCC2)n1-c1ccc(F)cc1. The van der Waals surface area contributed by atoms with Crippen LogP contribution in [0.2, 0.25) is 0 Å². The van der Waals surface area contributed by atoms with Gasteiger partial charge in [-0.05, 0) is 57.1 Å². The summed E-state index contributed by atoms with van der Waals surface area (Å²) in [4.78, 5) is 25.9. The summed E-state index contributed by atoms with van der Waals surface area (Å²) < 4.78 is 15.3. The number of thioether (sulfide) groups is 1. The van der Waals surface area contributed by atoms with Crippen LogP contribution in [0, 0.1) is 5.82 Å². The Morgan fingerprint density at radius 2 is 1.86 bits per heavy atom. The van der Waals surface area contributed by atoms with Gasteiger partial charge in [0.15, 0.2) is 11.0 Å². The van der Waals surface area contributed by atoms with E-state index in [1.807, 2.05) is 4.57 Å². The van der Waals surface area contributed by atoms with Crippen molar-refractivity contribution in [2.24, 2.45) is 0 Å². The van der Waals surface area contributed by atoms with Gasteiger partial charge in [0, 0.05) is 12.7 Å². The molecule has 1 atom stereocenters. The molecule has 0 aliphatic carbocycles. The number of benzene rings is 1. The highest BCUT2D eigenvalue weighted by atomic mass is 32.2. The molecular formula is C19H25FN6O2S. The highest BCUT2D eigenvalue weighted by molar-refractivity contribution is 8.00. The van der Waals surface area contributed by atoms with Gasteiger partial charge < -0.3 is 5.32 Å². The number of imide groups is 1. The average Bonchev–Trinajstić information content (AvgIpc) is 3.11. The second-order valence-corrected chi connectivity index (χ2v) is 8.18. The van der Waals surface area contributed by atoms with Crippen LogP contribution in [0.5, 0.6) is 0 Å². The van der Waals surface area contributed by atoms with Gasteiger partial charge in [-0.15, -0.1) is 10.2 Å². The maximum absolute atomic E-state index is 13.4. The van der Waals surface area contributed by atoms with Crippen LogP contribution in [0.15, 0.2) is 29.4 Å². The molecule has 2 aromatic rings. The first-order chi connectivity index (χ1) is 14.0. The molecule has 10 heteroatoms. The van der Waals surface area contributed by atoms with Crippen LogP contribution >= 0.6 is 11.8 Å². The van der Waals surface area contributed by atoms with Gasteiger partial charge in [-0.3, -0.25) is 19.6 Å². The number of aromatic nitrogens is 3. The normalized spacial score (nSPS) is 15.7. The van der Waals surface area contributed by atoms with Crippen LogP contribution < -0.4 is 10.6 Å². The molecule has 8 nitrogen and oxygen atoms in total. The number of rotatable bonds is 6. The van der Waals surface area contributed by atoms with Gasteiger partial charge in [-0.2, -0.15) is 0 Å². The molecule has 0 radical (unpaired) electrons. The van der Waals surface area contributed by atoms with Gasteiger partial charge >= 0.3 is 6.03 Å². The van der Waals surface area contributed by atoms with Gasteiger partial charge in [0.25, 0.3) is 0 Å². The van der Waals surface area contributed by atoms with Crippen molar-refractivity contribution in [3.8, 4) is 5.69 Å². The first-order valence-electron chi connectivity index (χ1n) is 9.59. The number of hydrogen-bond donors (Lipinski definition) is 2. The minimum atomic E-state index is -0.571. The molecule has 0 unspecified atom stereocenters. The number of hydrogen-bond acceptors (Lipinski definition) is 6. The average molecular weight is 421 g/mol. The topological polar surface area (TPSA) is 92.2 Å². The minimum Gasteiger partial charge on any atom is -0.341 e. The lowest BCUT2D eigenvalue weighted by Crippen LogP contribution is -2.41. The Hall–Kier alpha value is -2.46. The number of piperidine rings is 1. The first-order valence-corrected chi connectivity index (χ1v) is 10.5. The number of nitrogens with zero attached hydrogens (tertiary/aromatic N) is 4. The van der Waals surface area contributed by atoms with Crippen molar-refractivity contribution in [1.29, 1.82) is 0 Å². The zero-order chi connectivity index (χ0) is 20.8. The van der Waals surface area contributed by atoms with Gasteiger partial charge in [-0.1, -0.05) is 18.2 Å². The summed E-state index contributed by atoms with van der Waals surface area (Å²) in [7, 11) is 1.44. The maximum Gasteiger partial charge on any atom is 0.321 e. The molecule has 1 aromatic carbocycles. The lowest BCUT2D eigenvalue weighted by molar-refractivity contribution is -0.119. The van der Waals surface area contributed by atoms with Crippen molar-refractivity contribution >= 4 is 23.7 Å². The summed E-state index contributed by atoms with van der Waals surface area (Å²) in [5.74, 6) is -0.0209. The van der Waals surface area contributed by atoms with Crippen LogP contribution in [0.1, 0.15) is 32.0 Å². The van der Waals surface area contributed by atoms with Crippen LogP contribution in [0.3, 0.4) is 0 Å². The molecule has 3 amide bonds. The van der Waals surface area contributed by atoms with Crippen LogP contribution in [-0.4, -0.2) is 57.0 Å². The second-order valence-electron chi connectivity index (χ2n) is 6.88. The van der Waals surface area contributed by atoms with E-state index >= 15 is 0 Å². The molecule has 2 heterocycles. The Balaban J connectivity index is 1.84. The Morgan fingerprint density at radius 1 is 1.17 bits per heavy atom. The fraction of sp³-hybridized carbons (Fsp3) is 0.474. The van der Waals surface area contributed by atoms with Crippen LogP contribution in [0.25, 0.3) is 5.69 Å². The molecule has 1 aliphatic heterocycles. The number of urea groups is 1. The molecule has 29 heavy (non-hydrogen) atoms. The van der Waals surface area contributed by atoms with Crippen LogP contribution in [-0.2, 0) is 11.3 Å². The number of likely N-dealkylation sites (tertiary alicyclic amines) is 1. The third-order valence-electron chi connectivity index (χ3n) is 4.71. The van der Waals surface area contributed by atoms with Crippen molar-refractivity contribution < 1.29 is 14.0 Å². The number of carbonyl (C=O) groups is 2. The molecule has 1 saturated heterocycles. The highest BCUT2D eigenvalue weighted by Crippen LogP contribution is 2.27. The zero-order valence-electron chi connectivity index (χ0n) is 16.5. The number of nitrogens with one attached hydrogen (secondary N) is 2. The van der Waals surface area contributed by atoms with Crippen molar-refractivity contribution in [2.45, 2.75) is 43.1 Å². The molecule has 0 saturated carbocycles. The quantitative estimate of drug-likeness (QED) is 0.697. The van der Waals surface area contributed by atoms with Crippen molar-refractivity contribution in [1.82, 2.24) is 30.3 Å². The zero-order valence-corrected chi connectivity index (χ0v) is 17.3. The molecular weight excluding hydrogens is 395 g/mol. The molecule has 0 bridgehead atoms. The molecule has 1 aromatic heterocycles. The predicted molar refractivity (Wildman–Crippen MR) is 108 cm³/mol. The standard InChI is InChI=1S/C19H25FN6O2S/c1-13(17(27)22-18(28)21-2)29-19-24-23-16(12-25-10-4-3-5-11-25)26(19)15-8-6-14(20)7-9-15/h6-9,13H,3-5,10-12H2,1-2H3,(H2,21,22,27,28)/t13-/m0/s1. The number of halogens is 1. The van der Waals surface area contributed by atoms with E-state index in [9.17, 15) is 14.0 Å². The summed E-state index contributed by atoms with van der Waals surface area (Å²) in [6.07, 6.45) is 3.55. The van der Waals surface area contributed by atoms with E-state index in [2.05, 4.69) is 25.7 Å². The summed E-state index contributed by atoms with van der Waals surface area (Å²) in [6.45, 7) is 4.33. The second kappa shape index (κ2) is 9.84. The maximum atomic E-state index is 13.4. The summed E-state index contributed by atoms with van der Waals surface area (Å²) in [6, 6.07) is 5.54. The first kappa shape index (κ1) is 21.3. The molecule has 156 valence electrons. The van der Waals surface area contributed by atoms with E-state index in [0.717, 1.165) is 37.4 Å². The van der Waals surface area contributed by atoms with Gasteiger partial charge in [-0.25, -0.2) is 9.18 Å². The monoisotopic (exact) mass is 420 g/mol. The lowest BCUT2D eigenvalue weighted by Gasteiger charge is -2.26. The van der Waals surface area contributed by atoms with Crippen molar-refractivity contribution in [2.75, 3.05) is 20.1 Å². The van der Waals surface area contributed by atoms with Crippen molar-refractivity contribution in [3.63, 3.8) is 0 Å². The fourth-order valence-electron chi connectivity index (χ4n) is 3.13. The van der Waals surface area contributed by atoms with Crippen molar-refractivity contribution in [3.05, 3.63) is 35.9 Å². The van der Waals surface area contributed by atoms with Gasteiger partial charge in [0.2, 0.25) is 5.91 Å². The van der Waals surface area contributed by atoms with E-state index in [0.29, 0.717) is 11.7 Å². The Bertz CT molecular complexity index is 851. The van der Waals surface area contributed by atoms with Gasteiger partial charge in [0.05, 0.1) is 11.8 Å². The summed E-state index contributed by atoms with van der Waals surface area (Å²) >= 11 is 1.20. The van der Waals surface area contributed by atoms with E-state index in [1.54, 1.807) is 19.1 Å². The molecule has 1 aliphatic rings. The largest absolute Gasteiger partial charge is 0.341 e. The lowest BCUT2D eigenvalue weighted by atomic mass is 10.1. The Morgan fingerprint density at radius 3 is 2.52 bits per heavy atom. The van der Waals surface area contributed by atoms with E-state index in [4.69, 9.17) is 0 Å². The third-order valence-corrected chi connectivity index (χ3v) is 5.76.